The second-order valence-corrected chi connectivity index (χ2v) is 6.25. The SMILES string of the molecule is CC(Nc1ncc(-c2cc(C3CC3)[nH]n2)c(N)n1)c1ccccc1. The summed E-state index contributed by atoms with van der Waals surface area (Å²) in [4.78, 5) is 8.78. The van der Waals surface area contributed by atoms with Crippen LogP contribution in [0.25, 0.3) is 11.3 Å². The maximum Gasteiger partial charge on any atom is 0.225 e. The summed E-state index contributed by atoms with van der Waals surface area (Å²) in [5.74, 6) is 1.58. The summed E-state index contributed by atoms with van der Waals surface area (Å²) in [6.07, 6.45) is 4.19. The Balaban J connectivity index is 1.53. The van der Waals surface area contributed by atoms with Crippen molar-refractivity contribution in [3.63, 3.8) is 0 Å². The third-order valence-corrected chi connectivity index (χ3v) is 4.35. The van der Waals surface area contributed by atoms with Gasteiger partial charge >= 0.3 is 0 Å². The Labute approximate surface area is 140 Å². The molecule has 1 fully saturated rings. The van der Waals surface area contributed by atoms with E-state index in [1.165, 1.54) is 24.1 Å². The molecular weight excluding hydrogens is 300 g/mol. The van der Waals surface area contributed by atoms with Crippen molar-refractivity contribution in [1.82, 2.24) is 20.2 Å². The maximum atomic E-state index is 6.12. The Morgan fingerprint density at radius 1 is 1.25 bits per heavy atom. The molecule has 24 heavy (non-hydrogen) atoms. The predicted octanol–water partition coefficient (Wildman–Crippen LogP) is 3.50. The molecule has 1 saturated carbocycles. The Bertz CT molecular complexity index is 838. The smallest absolute Gasteiger partial charge is 0.225 e. The van der Waals surface area contributed by atoms with Gasteiger partial charge in [-0.2, -0.15) is 10.1 Å². The molecule has 1 atom stereocenters. The molecule has 0 spiro atoms. The van der Waals surface area contributed by atoms with Gasteiger partial charge in [0.15, 0.2) is 0 Å². The summed E-state index contributed by atoms with van der Waals surface area (Å²) >= 11 is 0. The van der Waals surface area contributed by atoms with E-state index in [0.29, 0.717) is 17.7 Å². The number of rotatable bonds is 5. The fraction of sp³-hybridized carbons (Fsp3) is 0.278. The Morgan fingerprint density at radius 3 is 2.75 bits per heavy atom. The molecule has 4 rings (SSSR count). The molecule has 2 heterocycles. The van der Waals surface area contributed by atoms with Crippen molar-refractivity contribution in [3.8, 4) is 11.3 Å². The molecule has 1 aliphatic rings. The van der Waals surface area contributed by atoms with Crippen LogP contribution < -0.4 is 11.1 Å². The van der Waals surface area contributed by atoms with E-state index in [-0.39, 0.29) is 6.04 Å². The van der Waals surface area contributed by atoms with Crippen LogP contribution in [-0.4, -0.2) is 20.2 Å². The summed E-state index contributed by atoms with van der Waals surface area (Å²) in [7, 11) is 0. The molecule has 3 aromatic rings. The summed E-state index contributed by atoms with van der Waals surface area (Å²) < 4.78 is 0. The highest BCUT2D eigenvalue weighted by molar-refractivity contribution is 5.71. The van der Waals surface area contributed by atoms with Crippen LogP contribution in [0.2, 0.25) is 0 Å². The molecular formula is C18H20N6. The number of aromatic amines is 1. The molecule has 0 amide bonds. The summed E-state index contributed by atoms with van der Waals surface area (Å²) in [5.41, 5.74) is 10.0. The first-order valence-corrected chi connectivity index (χ1v) is 8.20. The minimum absolute atomic E-state index is 0.100. The van der Waals surface area contributed by atoms with E-state index in [1.54, 1.807) is 6.20 Å². The van der Waals surface area contributed by atoms with Gasteiger partial charge in [0.2, 0.25) is 5.95 Å². The molecule has 4 N–H and O–H groups in total. The van der Waals surface area contributed by atoms with Gasteiger partial charge in [0.1, 0.15) is 5.82 Å². The van der Waals surface area contributed by atoms with E-state index < -0.39 is 0 Å². The molecule has 6 nitrogen and oxygen atoms in total. The Kier molecular flexibility index (Phi) is 3.65. The number of nitrogens with zero attached hydrogens (tertiary/aromatic N) is 3. The summed E-state index contributed by atoms with van der Waals surface area (Å²) in [5, 5.41) is 10.7. The summed E-state index contributed by atoms with van der Waals surface area (Å²) in [6, 6.07) is 12.3. The first-order valence-electron chi connectivity index (χ1n) is 8.20. The molecule has 122 valence electrons. The molecule has 1 unspecified atom stereocenters. The van der Waals surface area contributed by atoms with Crippen LogP contribution in [0.4, 0.5) is 11.8 Å². The number of H-pyrrole nitrogens is 1. The number of nitrogens with two attached hydrogens (primary N) is 1. The molecule has 0 radical (unpaired) electrons. The first-order chi connectivity index (χ1) is 11.7. The zero-order valence-corrected chi connectivity index (χ0v) is 13.5. The lowest BCUT2D eigenvalue weighted by molar-refractivity contribution is 0.861. The lowest BCUT2D eigenvalue weighted by atomic mass is 10.1. The molecule has 0 saturated heterocycles. The van der Waals surface area contributed by atoms with Crippen molar-refractivity contribution >= 4 is 11.8 Å². The summed E-state index contributed by atoms with van der Waals surface area (Å²) in [6.45, 7) is 2.07. The van der Waals surface area contributed by atoms with Gasteiger partial charge in [0.25, 0.3) is 0 Å². The number of hydrogen-bond acceptors (Lipinski definition) is 5. The van der Waals surface area contributed by atoms with Crippen molar-refractivity contribution in [2.45, 2.75) is 31.7 Å². The largest absolute Gasteiger partial charge is 0.383 e. The maximum absolute atomic E-state index is 6.12. The van der Waals surface area contributed by atoms with Gasteiger partial charge in [0.05, 0.1) is 17.3 Å². The Hall–Kier alpha value is -2.89. The number of aromatic nitrogens is 4. The third kappa shape index (κ3) is 2.95. The van der Waals surface area contributed by atoms with Crippen molar-refractivity contribution in [1.29, 1.82) is 0 Å². The number of benzene rings is 1. The molecule has 6 heteroatoms. The number of nitrogen functional groups attached to an aromatic ring is 1. The van der Waals surface area contributed by atoms with Crippen molar-refractivity contribution in [2.24, 2.45) is 0 Å². The van der Waals surface area contributed by atoms with Crippen LogP contribution in [0, 0.1) is 0 Å². The lowest BCUT2D eigenvalue weighted by Crippen LogP contribution is -2.10. The predicted molar refractivity (Wildman–Crippen MR) is 94.5 cm³/mol. The highest BCUT2D eigenvalue weighted by Crippen LogP contribution is 2.40. The average Bonchev–Trinajstić information content (AvgIpc) is 3.34. The Morgan fingerprint density at radius 2 is 2.04 bits per heavy atom. The van der Waals surface area contributed by atoms with Gasteiger partial charge in [-0.1, -0.05) is 30.3 Å². The second-order valence-electron chi connectivity index (χ2n) is 6.25. The normalized spacial score (nSPS) is 15.2. The zero-order valence-electron chi connectivity index (χ0n) is 13.5. The highest BCUT2D eigenvalue weighted by Gasteiger charge is 2.26. The van der Waals surface area contributed by atoms with Crippen LogP contribution in [0.1, 0.15) is 43.0 Å². The second kappa shape index (κ2) is 5.96. The van der Waals surface area contributed by atoms with Crippen molar-refractivity contribution in [3.05, 3.63) is 53.9 Å². The molecule has 2 aromatic heterocycles. The van der Waals surface area contributed by atoms with E-state index in [9.17, 15) is 0 Å². The quantitative estimate of drug-likeness (QED) is 0.669. The first kappa shape index (κ1) is 14.7. The molecule has 1 aromatic carbocycles. The number of nitrogens with one attached hydrogen (secondary N) is 2. The zero-order chi connectivity index (χ0) is 16.5. The van der Waals surface area contributed by atoms with Gasteiger partial charge in [0, 0.05) is 17.8 Å². The van der Waals surface area contributed by atoms with Gasteiger partial charge in [-0.3, -0.25) is 5.10 Å². The van der Waals surface area contributed by atoms with Crippen molar-refractivity contribution in [2.75, 3.05) is 11.1 Å². The van der Waals surface area contributed by atoms with Crippen LogP contribution >= 0.6 is 0 Å². The van der Waals surface area contributed by atoms with Gasteiger partial charge in [-0.15, -0.1) is 0 Å². The molecule has 0 bridgehead atoms. The highest BCUT2D eigenvalue weighted by atomic mass is 15.1. The lowest BCUT2D eigenvalue weighted by Gasteiger charge is -2.14. The van der Waals surface area contributed by atoms with Crippen LogP contribution in [0.3, 0.4) is 0 Å². The molecule has 0 aliphatic heterocycles. The molecule has 1 aliphatic carbocycles. The van der Waals surface area contributed by atoms with Crippen LogP contribution in [0.15, 0.2) is 42.6 Å². The van der Waals surface area contributed by atoms with E-state index >= 15 is 0 Å². The van der Waals surface area contributed by atoms with E-state index in [2.05, 4.69) is 44.5 Å². The van der Waals surface area contributed by atoms with E-state index in [4.69, 9.17) is 5.73 Å². The van der Waals surface area contributed by atoms with E-state index in [1.807, 2.05) is 24.3 Å². The third-order valence-electron chi connectivity index (χ3n) is 4.35. The fourth-order valence-electron chi connectivity index (χ4n) is 2.76. The van der Waals surface area contributed by atoms with E-state index in [0.717, 1.165) is 11.3 Å². The average molecular weight is 320 g/mol. The number of hydrogen-bond donors (Lipinski definition) is 3. The fourth-order valence-corrected chi connectivity index (χ4v) is 2.76. The standard InChI is InChI=1S/C18H20N6/c1-11(12-5-3-2-4-6-12)21-18-20-10-14(17(19)22-18)16-9-15(23-24-16)13-7-8-13/h2-6,9-11,13H,7-8H2,1H3,(H,23,24)(H3,19,20,21,22). The van der Waals surface area contributed by atoms with Gasteiger partial charge in [-0.05, 0) is 31.4 Å². The monoisotopic (exact) mass is 320 g/mol. The minimum Gasteiger partial charge on any atom is -0.383 e. The minimum atomic E-state index is 0.100. The topological polar surface area (TPSA) is 92.5 Å². The van der Waals surface area contributed by atoms with Gasteiger partial charge < -0.3 is 11.1 Å². The van der Waals surface area contributed by atoms with Crippen LogP contribution in [0.5, 0.6) is 0 Å². The van der Waals surface area contributed by atoms with Gasteiger partial charge in [-0.25, -0.2) is 4.98 Å². The van der Waals surface area contributed by atoms with Crippen molar-refractivity contribution < 1.29 is 0 Å². The number of anilines is 2. The van der Waals surface area contributed by atoms with Crippen LogP contribution in [-0.2, 0) is 0 Å².